The Labute approximate surface area is 120 Å². The van der Waals surface area contributed by atoms with Gasteiger partial charge in [0.05, 0.1) is 19.1 Å². The van der Waals surface area contributed by atoms with Crippen LogP contribution in [0, 0.1) is 5.92 Å². The van der Waals surface area contributed by atoms with Crippen LogP contribution in [0.5, 0.6) is 0 Å². The van der Waals surface area contributed by atoms with Crippen LogP contribution < -0.4 is 10.2 Å². The molecule has 0 bridgehead atoms. The van der Waals surface area contributed by atoms with Crippen molar-refractivity contribution in [1.82, 2.24) is 5.32 Å². The highest BCUT2D eigenvalue weighted by Gasteiger charge is 2.28. The molecule has 0 spiro atoms. The zero-order valence-corrected chi connectivity index (χ0v) is 12.0. The van der Waals surface area contributed by atoms with Gasteiger partial charge in [0, 0.05) is 25.3 Å². The van der Waals surface area contributed by atoms with Crippen molar-refractivity contribution in [3.05, 3.63) is 29.8 Å². The molecule has 0 aromatic heterocycles. The second kappa shape index (κ2) is 5.94. The molecule has 2 atom stereocenters. The standard InChI is InChI=1S/C16H22N2O2/c1-12-8-13-4-2-3-5-15(13)18(11-12)16(19)9-14-10-17-6-7-20-14/h2-5,12,14,17H,6-11H2,1H3. The predicted octanol–water partition coefficient (Wildman–Crippen LogP) is 1.59. The number of hydrogen-bond acceptors (Lipinski definition) is 3. The summed E-state index contributed by atoms with van der Waals surface area (Å²) in [4.78, 5) is 14.5. The third-order valence-electron chi connectivity index (χ3n) is 4.05. The van der Waals surface area contributed by atoms with Crippen LogP contribution in [0.3, 0.4) is 0 Å². The van der Waals surface area contributed by atoms with Crippen LogP contribution in [-0.2, 0) is 16.0 Å². The minimum atomic E-state index is 0.0145. The van der Waals surface area contributed by atoms with E-state index >= 15 is 0 Å². The zero-order chi connectivity index (χ0) is 13.9. The average Bonchev–Trinajstić information content (AvgIpc) is 2.47. The number of carbonyl (C=O) groups excluding carboxylic acids is 1. The topological polar surface area (TPSA) is 41.6 Å². The molecule has 0 saturated carbocycles. The maximum atomic E-state index is 12.6. The van der Waals surface area contributed by atoms with Gasteiger partial charge in [-0.3, -0.25) is 4.79 Å². The molecular formula is C16H22N2O2. The molecule has 3 rings (SSSR count). The zero-order valence-electron chi connectivity index (χ0n) is 12.0. The number of amides is 1. The molecule has 0 radical (unpaired) electrons. The number of carbonyl (C=O) groups is 1. The highest BCUT2D eigenvalue weighted by atomic mass is 16.5. The van der Waals surface area contributed by atoms with Crippen LogP contribution in [0.25, 0.3) is 0 Å². The monoisotopic (exact) mass is 274 g/mol. The molecule has 20 heavy (non-hydrogen) atoms. The highest BCUT2D eigenvalue weighted by molar-refractivity contribution is 5.95. The number of hydrogen-bond donors (Lipinski definition) is 1. The summed E-state index contributed by atoms with van der Waals surface area (Å²) in [5.41, 5.74) is 2.36. The van der Waals surface area contributed by atoms with Gasteiger partial charge in [0.2, 0.25) is 5.91 Å². The summed E-state index contributed by atoms with van der Waals surface area (Å²) in [5, 5.41) is 3.28. The Hall–Kier alpha value is -1.39. The van der Waals surface area contributed by atoms with E-state index in [1.807, 2.05) is 17.0 Å². The highest BCUT2D eigenvalue weighted by Crippen LogP contribution is 2.30. The number of nitrogens with one attached hydrogen (secondary N) is 1. The summed E-state index contributed by atoms with van der Waals surface area (Å²) >= 11 is 0. The van der Waals surface area contributed by atoms with Crippen molar-refractivity contribution in [2.75, 3.05) is 31.1 Å². The third-order valence-corrected chi connectivity index (χ3v) is 4.05. The molecule has 1 aromatic rings. The molecule has 0 aliphatic carbocycles. The largest absolute Gasteiger partial charge is 0.375 e. The second-order valence-electron chi connectivity index (χ2n) is 5.84. The maximum absolute atomic E-state index is 12.6. The van der Waals surface area contributed by atoms with Crippen molar-refractivity contribution < 1.29 is 9.53 Å². The lowest BCUT2D eigenvalue weighted by Crippen LogP contribution is -2.45. The van der Waals surface area contributed by atoms with Crippen molar-refractivity contribution >= 4 is 11.6 Å². The lowest BCUT2D eigenvalue weighted by Gasteiger charge is -2.34. The second-order valence-corrected chi connectivity index (χ2v) is 5.84. The molecule has 2 unspecified atom stereocenters. The van der Waals surface area contributed by atoms with Crippen LogP contribution >= 0.6 is 0 Å². The quantitative estimate of drug-likeness (QED) is 0.890. The number of ether oxygens (including phenoxy) is 1. The Morgan fingerprint density at radius 2 is 2.30 bits per heavy atom. The maximum Gasteiger partial charge on any atom is 0.229 e. The van der Waals surface area contributed by atoms with Crippen molar-refractivity contribution in [2.24, 2.45) is 5.92 Å². The van der Waals surface area contributed by atoms with Crippen LogP contribution in [-0.4, -0.2) is 38.3 Å². The number of para-hydroxylation sites is 1. The number of benzene rings is 1. The molecule has 4 nitrogen and oxygen atoms in total. The summed E-state index contributed by atoms with van der Waals surface area (Å²) in [5.74, 6) is 0.692. The molecular weight excluding hydrogens is 252 g/mol. The van der Waals surface area contributed by atoms with E-state index in [4.69, 9.17) is 4.74 Å². The first-order valence-corrected chi connectivity index (χ1v) is 7.44. The molecule has 108 valence electrons. The van der Waals surface area contributed by atoms with E-state index in [1.165, 1.54) is 5.56 Å². The third kappa shape index (κ3) is 2.86. The van der Waals surface area contributed by atoms with Crippen molar-refractivity contribution in [2.45, 2.75) is 25.9 Å². The van der Waals surface area contributed by atoms with E-state index in [9.17, 15) is 4.79 Å². The number of nitrogens with zero attached hydrogens (tertiary/aromatic N) is 1. The fourth-order valence-electron chi connectivity index (χ4n) is 3.09. The Bertz CT molecular complexity index is 483. The average molecular weight is 274 g/mol. The normalized spacial score (nSPS) is 26.1. The number of morpholine rings is 1. The minimum absolute atomic E-state index is 0.0145. The first-order chi connectivity index (χ1) is 9.74. The van der Waals surface area contributed by atoms with Gasteiger partial charge in [-0.2, -0.15) is 0 Å². The van der Waals surface area contributed by atoms with Gasteiger partial charge >= 0.3 is 0 Å². The molecule has 1 N–H and O–H groups in total. The molecule has 2 aliphatic rings. The van der Waals surface area contributed by atoms with Crippen LogP contribution in [0.2, 0.25) is 0 Å². The Kier molecular flexibility index (Phi) is 4.03. The molecule has 4 heteroatoms. The Morgan fingerprint density at radius 3 is 3.10 bits per heavy atom. The Morgan fingerprint density at radius 1 is 1.45 bits per heavy atom. The van der Waals surface area contributed by atoms with E-state index in [-0.39, 0.29) is 12.0 Å². The number of rotatable bonds is 2. The summed E-state index contributed by atoms with van der Waals surface area (Å²) in [6, 6.07) is 8.24. The predicted molar refractivity (Wildman–Crippen MR) is 78.9 cm³/mol. The molecule has 2 heterocycles. The minimum Gasteiger partial charge on any atom is -0.375 e. The lowest BCUT2D eigenvalue weighted by atomic mass is 9.93. The van der Waals surface area contributed by atoms with E-state index in [0.29, 0.717) is 18.9 Å². The summed E-state index contributed by atoms with van der Waals surface area (Å²) in [6.45, 7) is 5.38. The van der Waals surface area contributed by atoms with Gasteiger partial charge in [-0.15, -0.1) is 0 Å². The number of fused-ring (bicyclic) bond motifs is 1. The lowest BCUT2D eigenvalue weighted by molar-refractivity contribution is -0.122. The SMILES string of the molecule is CC1Cc2ccccc2N(C(=O)CC2CNCCO2)C1. The van der Waals surface area contributed by atoms with Crippen LogP contribution in [0.15, 0.2) is 24.3 Å². The fourth-order valence-corrected chi connectivity index (χ4v) is 3.09. The Balaban J connectivity index is 1.74. The molecule has 1 aromatic carbocycles. The smallest absolute Gasteiger partial charge is 0.229 e. The summed E-state index contributed by atoms with van der Waals surface area (Å²) in [6.07, 6.45) is 1.54. The van der Waals surface area contributed by atoms with Crippen molar-refractivity contribution in [1.29, 1.82) is 0 Å². The van der Waals surface area contributed by atoms with Gasteiger partial charge in [-0.05, 0) is 24.0 Å². The molecule has 1 amide bonds. The summed E-state index contributed by atoms with van der Waals surface area (Å²) < 4.78 is 5.64. The van der Waals surface area contributed by atoms with Crippen molar-refractivity contribution in [3.8, 4) is 0 Å². The van der Waals surface area contributed by atoms with Gasteiger partial charge in [0.25, 0.3) is 0 Å². The summed E-state index contributed by atoms with van der Waals surface area (Å²) in [7, 11) is 0. The van der Waals surface area contributed by atoms with Crippen molar-refractivity contribution in [3.63, 3.8) is 0 Å². The van der Waals surface area contributed by atoms with Crippen LogP contribution in [0.1, 0.15) is 18.9 Å². The van der Waals surface area contributed by atoms with Crippen LogP contribution in [0.4, 0.5) is 5.69 Å². The molecule has 2 aliphatic heterocycles. The van der Waals surface area contributed by atoms with Gasteiger partial charge < -0.3 is 15.0 Å². The first kappa shape index (κ1) is 13.6. The van der Waals surface area contributed by atoms with Gasteiger partial charge in [-0.1, -0.05) is 25.1 Å². The van der Waals surface area contributed by atoms with Gasteiger partial charge in [-0.25, -0.2) is 0 Å². The van der Waals surface area contributed by atoms with E-state index in [2.05, 4.69) is 24.4 Å². The van der Waals surface area contributed by atoms with E-state index in [1.54, 1.807) is 0 Å². The van der Waals surface area contributed by atoms with E-state index in [0.717, 1.165) is 31.7 Å². The first-order valence-electron chi connectivity index (χ1n) is 7.44. The number of anilines is 1. The van der Waals surface area contributed by atoms with Gasteiger partial charge in [0.15, 0.2) is 0 Å². The fraction of sp³-hybridized carbons (Fsp3) is 0.562. The van der Waals surface area contributed by atoms with E-state index < -0.39 is 0 Å². The molecule has 1 saturated heterocycles. The van der Waals surface area contributed by atoms with Gasteiger partial charge in [0.1, 0.15) is 0 Å². The molecule has 1 fully saturated rings.